The number of rotatable bonds is 3. The van der Waals surface area contributed by atoms with E-state index in [0.717, 1.165) is 6.07 Å². The minimum Gasteiger partial charge on any atom is -0.394 e. The molecule has 0 saturated heterocycles. The Morgan fingerprint density at radius 3 is 2.50 bits per heavy atom. The van der Waals surface area contributed by atoms with Crippen LogP contribution in [0.1, 0.15) is 11.6 Å². The lowest BCUT2D eigenvalue weighted by molar-refractivity contribution is 0.248. The van der Waals surface area contributed by atoms with E-state index in [0.29, 0.717) is 0 Å². The summed E-state index contributed by atoms with van der Waals surface area (Å²) < 4.78 is 25.6. The third kappa shape index (κ3) is 2.90. The maximum Gasteiger partial charge on any atom is 0.130 e. The molecule has 2 N–H and O–H groups in total. The summed E-state index contributed by atoms with van der Waals surface area (Å²) in [6, 6.07) is 2.80. The molecule has 0 aromatic heterocycles. The van der Waals surface area contributed by atoms with Gasteiger partial charge in [-0.15, -0.1) is 12.4 Å². The van der Waals surface area contributed by atoms with Gasteiger partial charge in [0.15, 0.2) is 0 Å². The van der Waals surface area contributed by atoms with Gasteiger partial charge in [0, 0.05) is 11.6 Å². The second-order valence-electron chi connectivity index (χ2n) is 2.69. The Kier molecular flexibility index (Phi) is 5.60. The Hall–Kier alpha value is -0.710. The molecule has 80 valence electrons. The van der Waals surface area contributed by atoms with Crippen LogP contribution in [0, 0.1) is 11.6 Å². The van der Waals surface area contributed by atoms with Crippen LogP contribution in [0.5, 0.6) is 0 Å². The maximum atomic E-state index is 13.1. The molecule has 1 aromatic rings. The first-order valence-corrected chi connectivity index (χ1v) is 3.92. The van der Waals surface area contributed by atoms with Gasteiger partial charge >= 0.3 is 0 Å². The molecule has 1 atom stereocenters. The second-order valence-corrected chi connectivity index (χ2v) is 2.69. The van der Waals surface area contributed by atoms with Crippen LogP contribution in [0.3, 0.4) is 0 Å². The fourth-order valence-electron chi connectivity index (χ4n) is 1.13. The third-order valence-corrected chi connectivity index (χ3v) is 1.87. The van der Waals surface area contributed by atoms with E-state index in [4.69, 9.17) is 5.11 Å². The van der Waals surface area contributed by atoms with E-state index in [9.17, 15) is 8.78 Å². The van der Waals surface area contributed by atoms with Gasteiger partial charge in [0.05, 0.1) is 12.6 Å². The number of likely N-dealkylation sites (N-methyl/N-ethyl adjacent to an activating group) is 1. The highest BCUT2D eigenvalue weighted by atomic mass is 35.5. The van der Waals surface area contributed by atoms with E-state index in [2.05, 4.69) is 5.32 Å². The fourth-order valence-corrected chi connectivity index (χ4v) is 1.13. The fraction of sp³-hybridized carbons (Fsp3) is 0.333. The third-order valence-electron chi connectivity index (χ3n) is 1.87. The van der Waals surface area contributed by atoms with Crippen molar-refractivity contribution in [1.82, 2.24) is 5.32 Å². The maximum absolute atomic E-state index is 13.1. The van der Waals surface area contributed by atoms with Gasteiger partial charge in [0.2, 0.25) is 0 Å². The predicted molar refractivity (Wildman–Crippen MR) is 52.5 cm³/mol. The van der Waals surface area contributed by atoms with Crippen molar-refractivity contribution >= 4 is 12.4 Å². The highest BCUT2D eigenvalue weighted by Gasteiger charge is 2.12. The summed E-state index contributed by atoms with van der Waals surface area (Å²) >= 11 is 0. The zero-order valence-electron chi connectivity index (χ0n) is 7.63. The molecule has 0 radical (unpaired) electrons. The van der Waals surface area contributed by atoms with Crippen molar-refractivity contribution in [2.24, 2.45) is 0 Å². The Balaban J connectivity index is 0.00000169. The molecule has 14 heavy (non-hydrogen) atoms. The smallest absolute Gasteiger partial charge is 0.130 e. The zero-order chi connectivity index (χ0) is 9.84. The molecule has 0 spiro atoms. The molecule has 0 heterocycles. The molecule has 0 bridgehead atoms. The predicted octanol–water partition coefficient (Wildman–Crippen LogP) is 1.64. The summed E-state index contributed by atoms with van der Waals surface area (Å²) in [7, 11) is 1.60. The van der Waals surface area contributed by atoms with Crippen molar-refractivity contribution in [2.45, 2.75) is 6.04 Å². The molecule has 5 heteroatoms. The lowest BCUT2D eigenvalue weighted by Gasteiger charge is -2.13. The quantitative estimate of drug-likeness (QED) is 0.817. The number of aliphatic hydroxyl groups is 1. The molecular weight excluding hydrogens is 212 g/mol. The SMILES string of the molecule is CNC(CO)c1ccc(F)cc1F.Cl. The molecule has 0 fully saturated rings. The van der Waals surface area contributed by atoms with Gasteiger partial charge in [-0.2, -0.15) is 0 Å². The highest BCUT2D eigenvalue weighted by Crippen LogP contribution is 2.16. The molecule has 1 unspecified atom stereocenters. The molecule has 0 aliphatic carbocycles. The number of aliphatic hydroxyl groups excluding tert-OH is 1. The summed E-state index contributed by atoms with van der Waals surface area (Å²) in [4.78, 5) is 0. The van der Waals surface area contributed by atoms with E-state index in [1.165, 1.54) is 12.1 Å². The van der Waals surface area contributed by atoms with Crippen LogP contribution in [-0.2, 0) is 0 Å². The lowest BCUT2D eigenvalue weighted by atomic mass is 10.1. The summed E-state index contributed by atoms with van der Waals surface area (Å²) in [5, 5.41) is 11.6. The van der Waals surface area contributed by atoms with Gasteiger partial charge < -0.3 is 10.4 Å². The minimum absolute atomic E-state index is 0. The average molecular weight is 224 g/mol. The first kappa shape index (κ1) is 13.3. The number of hydrogen-bond acceptors (Lipinski definition) is 2. The summed E-state index contributed by atoms with van der Waals surface area (Å²) in [6.45, 7) is -0.223. The minimum atomic E-state index is -0.645. The highest BCUT2D eigenvalue weighted by molar-refractivity contribution is 5.85. The van der Waals surface area contributed by atoms with Crippen molar-refractivity contribution in [2.75, 3.05) is 13.7 Å². The van der Waals surface area contributed by atoms with Crippen molar-refractivity contribution < 1.29 is 13.9 Å². The Morgan fingerprint density at radius 1 is 1.43 bits per heavy atom. The van der Waals surface area contributed by atoms with Crippen LogP contribution in [-0.4, -0.2) is 18.8 Å². The monoisotopic (exact) mass is 223 g/mol. The molecule has 2 nitrogen and oxygen atoms in total. The van der Waals surface area contributed by atoms with Crippen molar-refractivity contribution in [3.8, 4) is 0 Å². The Bertz CT molecular complexity index is 292. The van der Waals surface area contributed by atoms with Gasteiger partial charge in [0.1, 0.15) is 11.6 Å². The van der Waals surface area contributed by atoms with Crippen molar-refractivity contribution in [1.29, 1.82) is 0 Å². The molecule has 1 aromatic carbocycles. The van der Waals surface area contributed by atoms with Gasteiger partial charge in [-0.25, -0.2) is 8.78 Å². The number of hydrogen-bond donors (Lipinski definition) is 2. The van der Waals surface area contributed by atoms with E-state index in [-0.39, 0.29) is 24.6 Å². The van der Waals surface area contributed by atoms with Gasteiger partial charge in [0.25, 0.3) is 0 Å². The van der Waals surface area contributed by atoms with E-state index < -0.39 is 17.7 Å². The van der Waals surface area contributed by atoms with Gasteiger partial charge in [-0.1, -0.05) is 6.07 Å². The molecule has 0 aliphatic rings. The van der Waals surface area contributed by atoms with E-state index >= 15 is 0 Å². The second kappa shape index (κ2) is 5.90. The summed E-state index contributed by atoms with van der Waals surface area (Å²) in [6.07, 6.45) is 0. The van der Waals surface area contributed by atoms with Crippen LogP contribution in [0.15, 0.2) is 18.2 Å². The first-order valence-electron chi connectivity index (χ1n) is 3.92. The van der Waals surface area contributed by atoms with E-state index in [1.54, 1.807) is 7.05 Å². The largest absolute Gasteiger partial charge is 0.394 e. The Morgan fingerprint density at radius 2 is 2.07 bits per heavy atom. The first-order chi connectivity index (χ1) is 6.19. The number of benzene rings is 1. The number of nitrogens with one attached hydrogen (secondary N) is 1. The summed E-state index contributed by atoms with van der Waals surface area (Å²) in [5.74, 6) is -1.26. The average Bonchev–Trinajstić information content (AvgIpc) is 2.10. The van der Waals surface area contributed by atoms with Crippen LogP contribution in [0.2, 0.25) is 0 Å². The molecule has 1 rings (SSSR count). The van der Waals surface area contributed by atoms with E-state index in [1.807, 2.05) is 0 Å². The van der Waals surface area contributed by atoms with Crippen LogP contribution >= 0.6 is 12.4 Å². The Labute approximate surface area is 87.4 Å². The standard InChI is InChI=1S/C9H11F2NO.ClH/c1-12-9(5-13)7-3-2-6(10)4-8(7)11;/h2-4,9,12-13H,5H2,1H3;1H. The van der Waals surface area contributed by atoms with Crippen molar-refractivity contribution in [3.63, 3.8) is 0 Å². The van der Waals surface area contributed by atoms with Crippen LogP contribution in [0.25, 0.3) is 0 Å². The lowest BCUT2D eigenvalue weighted by Crippen LogP contribution is -2.21. The van der Waals surface area contributed by atoms with Crippen LogP contribution < -0.4 is 5.32 Å². The molecule has 0 amide bonds. The van der Waals surface area contributed by atoms with Crippen LogP contribution in [0.4, 0.5) is 8.78 Å². The topological polar surface area (TPSA) is 32.3 Å². The summed E-state index contributed by atoms with van der Waals surface area (Å²) in [5.41, 5.74) is 0.270. The molecule has 0 saturated carbocycles. The van der Waals surface area contributed by atoms with Gasteiger partial charge in [-0.3, -0.25) is 0 Å². The molecule has 0 aliphatic heterocycles. The van der Waals surface area contributed by atoms with Crippen molar-refractivity contribution in [3.05, 3.63) is 35.4 Å². The van der Waals surface area contributed by atoms with Gasteiger partial charge in [-0.05, 0) is 13.1 Å². The normalized spacial score (nSPS) is 12.0. The molecular formula is C9H12ClF2NO. The zero-order valence-corrected chi connectivity index (χ0v) is 8.44. The number of halogens is 3.